The minimum Gasteiger partial charge on any atom is -0.481 e. The maximum atomic E-state index is 10.7. The molecular weight excluding hydrogens is 156 g/mol. The van der Waals surface area contributed by atoms with E-state index in [1.165, 1.54) is 0 Å². The minimum atomic E-state index is -0.677. The van der Waals surface area contributed by atoms with Gasteiger partial charge in [-0.1, -0.05) is 13.8 Å². The van der Waals surface area contributed by atoms with Gasteiger partial charge in [-0.05, 0) is 18.8 Å². The highest BCUT2D eigenvalue weighted by atomic mass is 16.5. The molecule has 1 saturated heterocycles. The normalized spacial score (nSPS) is 30.6. The number of aliphatic carboxylic acids is 1. The molecule has 1 heterocycles. The van der Waals surface area contributed by atoms with Gasteiger partial charge in [0.2, 0.25) is 0 Å². The maximum Gasteiger partial charge on any atom is 0.306 e. The Morgan fingerprint density at radius 2 is 2.25 bits per heavy atom. The summed E-state index contributed by atoms with van der Waals surface area (Å²) in [7, 11) is 0. The van der Waals surface area contributed by atoms with E-state index in [0.29, 0.717) is 25.4 Å². The average molecular weight is 172 g/mol. The third-order valence-electron chi connectivity index (χ3n) is 2.41. The van der Waals surface area contributed by atoms with Crippen molar-refractivity contribution in [1.82, 2.24) is 0 Å². The Kier molecular flexibility index (Phi) is 3.09. The molecule has 12 heavy (non-hydrogen) atoms. The highest BCUT2D eigenvalue weighted by molar-refractivity contribution is 5.70. The van der Waals surface area contributed by atoms with Crippen LogP contribution in [0.3, 0.4) is 0 Å². The zero-order valence-electron chi connectivity index (χ0n) is 7.62. The van der Waals surface area contributed by atoms with Crippen molar-refractivity contribution < 1.29 is 14.6 Å². The molecule has 1 rings (SSSR count). The molecule has 0 aromatic rings. The Bertz CT molecular complexity index is 165. The van der Waals surface area contributed by atoms with Crippen molar-refractivity contribution in [1.29, 1.82) is 0 Å². The standard InChI is InChI=1S/C9H16O3/c1-6(2)8-5-7(9(10)11)3-4-12-8/h6-8H,3-5H2,1-2H3,(H,10,11)/t7-,8+/m1/s1. The van der Waals surface area contributed by atoms with Crippen molar-refractivity contribution in [3.8, 4) is 0 Å². The minimum absolute atomic E-state index is 0.139. The molecule has 1 aliphatic heterocycles. The predicted molar refractivity (Wildman–Crippen MR) is 44.9 cm³/mol. The fourth-order valence-corrected chi connectivity index (χ4v) is 1.52. The smallest absolute Gasteiger partial charge is 0.306 e. The van der Waals surface area contributed by atoms with E-state index in [-0.39, 0.29) is 12.0 Å². The number of carboxylic acid groups (broad SMARTS) is 1. The number of hydrogen-bond donors (Lipinski definition) is 1. The van der Waals surface area contributed by atoms with Gasteiger partial charge in [0.15, 0.2) is 0 Å². The van der Waals surface area contributed by atoms with E-state index in [9.17, 15) is 4.79 Å². The third-order valence-corrected chi connectivity index (χ3v) is 2.41. The van der Waals surface area contributed by atoms with E-state index in [1.807, 2.05) is 0 Å². The average Bonchev–Trinajstić information content (AvgIpc) is 2.04. The summed E-state index contributed by atoms with van der Waals surface area (Å²) in [6.45, 7) is 4.73. The van der Waals surface area contributed by atoms with Gasteiger partial charge in [-0.15, -0.1) is 0 Å². The Balaban J connectivity index is 2.46. The summed E-state index contributed by atoms with van der Waals surface area (Å²) in [6, 6.07) is 0. The van der Waals surface area contributed by atoms with Gasteiger partial charge in [0.05, 0.1) is 12.0 Å². The van der Waals surface area contributed by atoms with Crippen LogP contribution in [0.25, 0.3) is 0 Å². The summed E-state index contributed by atoms with van der Waals surface area (Å²) in [4.78, 5) is 10.7. The molecule has 0 saturated carbocycles. The van der Waals surface area contributed by atoms with Gasteiger partial charge in [0.25, 0.3) is 0 Å². The van der Waals surface area contributed by atoms with E-state index >= 15 is 0 Å². The number of carboxylic acids is 1. The molecule has 0 aromatic carbocycles. The van der Waals surface area contributed by atoms with Gasteiger partial charge < -0.3 is 9.84 Å². The molecular formula is C9H16O3. The Morgan fingerprint density at radius 1 is 1.58 bits per heavy atom. The summed E-state index contributed by atoms with van der Waals surface area (Å²) < 4.78 is 5.46. The van der Waals surface area contributed by atoms with Crippen LogP contribution in [0, 0.1) is 11.8 Å². The highest BCUT2D eigenvalue weighted by Gasteiger charge is 2.28. The molecule has 0 bridgehead atoms. The topological polar surface area (TPSA) is 46.5 Å². The monoisotopic (exact) mass is 172 g/mol. The molecule has 2 atom stereocenters. The highest BCUT2D eigenvalue weighted by Crippen LogP contribution is 2.24. The Morgan fingerprint density at radius 3 is 2.75 bits per heavy atom. The predicted octanol–water partition coefficient (Wildman–Crippen LogP) is 1.52. The first kappa shape index (κ1) is 9.52. The fraction of sp³-hybridized carbons (Fsp3) is 0.889. The van der Waals surface area contributed by atoms with Crippen molar-refractivity contribution in [2.24, 2.45) is 11.8 Å². The van der Waals surface area contributed by atoms with E-state index in [0.717, 1.165) is 0 Å². The van der Waals surface area contributed by atoms with Crippen LogP contribution in [-0.4, -0.2) is 23.8 Å². The number of carbonyl (C=O) groups is 1. The van der Waals surface area contributed by atoms with Crippen LogP contribution in [0.15, 0.2) is 0 Å². The first-order valence-corrected chi connectivity index (χ1v) is 4.45. The van der Waals surface area contributed by atoms with E-state index in [2.05, 4.69) is 13.8 Å². The van der Waals surface area contributed by atoms with Crippen LogP contribution >= 0.6 is 0 Å². The van der Waals surface area contributed by atoms with Gasteiger partial charge in [-0.2, -0.15) is 0 Å². The largest absolute Gasteiger partial charge is 0.481 e. The molecule has 1 aliphatic rings. The lowest BCUT2D eigenvalue weighted by Crippen LogP contribution is -2.33. The first-order valence-electron chi connectivity index (χ1n) is 4.45. The zero-order chi connectivity index (χ0) is 9.14. The van der Waals surface area contributed by atoms with Crippen molar-refractivity contribution in [3.63, 3.8) is 0 Å². The second kappa shape index (κ2) is 3.90. The summed E-state index contributed by atoms with van der Waals surface area (Å²) in [6.07, 6.45) is 1.48. The zero-order valence-corrected chi connectivity index (χ0v) is 7.62. The first-order chi connectivity index (χ1) is 5.61. The molecule has 3 heteroatoms. The molecule has 1 N–H and O–H groups in total. The second-order valence-corrected chi connectivity index (χ2v) is 3.71. The quantitative estimate of drug-likeness (QED) is 0.687. The molecule has 0 unspecified atom stereocenters. The third kappa shape index (κ3) is 2.21. The van der Waals surface area contributed by atoms with Crippen LogP contribution < -0.4 is 0 Å². The SMILES string of the molecule is CC(C)[C@@H]1C[C@H](C(=O)O)CCO1. The Labute approximate surface area is 72.7 Å². The number of ether oxygens (including phenoxy) is 1. The van der Waals surface area contributed by atoms with Crippen molar-refractivity contribution in [3.05, 3.63) is 0 Å². The number of hydrogen-bond acceptors (Lipinski definition) is 2. The Hall–Kier alpha value is -0.570. The van der Waals surface area contributed by atoms with Gasteiger partial charge in [0, 0.05) is 6.61 Å². The lowest BCUT2D eigenvalue weighted by atomic mass is 9.90. The lowest BCUT2D eigenvalue weighted by Gasteiger charge is -2.29. The summed E-state index contributed by atoms with van der Waals surface area (Å²) in [5.74, 6) is -0.442. The van der Waals surface area contributed by atoms with Crippen LogP contribution in [-0.2, 0) is 9.53 Å². The molecule has 0 radical (unpaired) electrons. The van der Waals surface area contributed by atoms with Gasteiger partial charge in [-0.25, -0.2) is 0 Å². The number of rotatable bonds is 2. The van der Waals surface area contributed by atoms with Gasteiger partial charge in [-0.3, -0.25) is 4.79 Å². The van der Waals surface area contributed by atoms with Crippen LogP contribution in [0.4, 0.5) is 0 Å². The van der Waals surface area contributed by atoms with Crippen molar-refractivity contribution >= 4 is 5.97 Å². The molecule has 3 nitrogen and oxygen atoms in total. The van der Waals surface area contributed by atoms with E-state index in [1.54, 1.807) is 0 Å². The van der Waals surface area contributed by atoms with Crippen LogP contribution in [0.1, 0.15) is 26.7 Å². The maximum absolute atomic E-state index is 10.7. The van der Waals surface area contributed by atoms with Crippen molar-refractivity contribution in [2.75, 3.05) is 6.61 Å². The summed E-state index contributed by atoms with van der Waals surface area (Å²) in [5.41, 5.74) is 0. The lowest BCUT2D eigenvalue weighted by molar-refractivity contribution is -0.148. The van der Waals surface area contributed by atoms with Gasteiger partial charge in [0.1, 0.15) is 0 Å². The molecule has 0 aromatic heterocycles. The fourth-order valence-electron chi connectivity index (χ4n) is 1.52. The molecule has 0 spiro atoms. The van der Waals surface area contributed by atoms with Crippen LogP contribution in [0.2, 0.25) is 0 Å². The molecule has 1 fully saturated rings. The second-order valence-electron chi connectivity index (χ2n) is 3.71. The van der Waals surface area contributed by atoms with E-state index < -0.39 is 5.97 Å². The van der Waals surface area contributed by atoms with Crippen LogP contribution in [0.5, 0.6) is 0 Å². The molecule has 70 valence electrons. The molecule has 0 aliphatic carbocycles. The summed E-state index contributed by atoms with van der Waals surface area (Å²) in [5, 5.41) is 8.78. The van der Waals surface area contributed by atoms with E-state index in [4.69, 9.17) is 9.84 Å². The van der Waals surface area contributed by atoms with Crippen molar-refractivity contribution in [2.45, 2.75) is 32.8 Å². The summed E-state index contributed by atoms with van der Waals surface area (Å²) >= 11 is 0. The molecule has 0 amide bonds. The van der Waals surface area contributed by atoms with Gasteiger partial charge >= 0.3 is 5.97 Å².